The summed E-state index contributed by atoms with van der Waals surface area (Å²) in [5, 5.41) is 9.39. The zero-order valence-electron chi connectivity index (χ0n) is 11.5. The molecule has 18 heavy (non-hydrogen) atoms. The molecule has 1 aromatic rings. The summed E-state index contributed by atoms with van der Waals surface area (Å²) in [5.74, 6) is -0.386. The first-order valence-electron chi connectivity index (χ1n) is 6.36. The molecule has 0 spiro atoms. The lowest BCUT2D eigenvalue weighted by atomic mass is 10.2. The van der Waals surface area contributed by atoms with E-state index in [1.54, 1.807) is 6.07 Å². The molecule has 0 amide bonds. The molecule has 0 bridgehead atoms. The Balaban J connectivity index is 2.63. The minimum atomic E-state index is -0.381. The summed E-state index contributed by atoms with van der Waals surface area (Å²) in [4.78, 5) is 4.40. The third-order valence-electron chi connectivity index (χ3n) is 2.75. The van der Waals surface area contributed by atoms with Gasteiger partial charge in [-0.3, -0.25) is 4.90 Å². The molecule has 0 aliphatic rings. The molecule has 102 valence electrons. The van der Waals surface area contributed by atoms with Crippen molar-refractivity contribution in [3.8, 4) is 5.75 Å². The van der Waals surface area contributed by atoms with Gasteiger partial charge in [0.15, 0.2) is 0 Å². The van der Waals surface area contributed by atoms with Gasteiger partial charge in [-0.2, -0.15) is 0 Å². The van der Waals surface area contributed by atoms with Crippen LogP contribution in [0.3, 0.4) is 0 Å². The van der Waals surface area contributed by atoms with Crippen LogP contribution in [-0.4, -0.2) is 48.6 Å². The van der Waals surface area contributed by atoms with Crippen molar-refractivity contribution < 1.29 is 9.50 Å². The Morgan fingerprint density at radius 3 is 2.39 bits per heavy atom. The van der Waals surface area contributed by atoms with E-state index in [9.17, 15) is 9.50 Å². The fraction of sp³-hybridized carbons (Fsp3) is 0.571. The predicted octanol–water partition coefficient (Wildman–Crippen LogP) is 2.30. The number of hydrogen-bond donors (Lipinski definition) is 1. The first-order valence-corrected chi connectivity index (χ1v) is 6.36. The molecule has 0 saturated heterocycles. The fourth-order valence-corrected chi connectivity index (χ4v) is 1.91. The number of benzene rings is 1. The standard InChI is InChI=1S/C14H23FN2O/c1-4-5-17(7-6-16(2)3)11-12-8-13(15)10-14(18)9-12/h8-10,18H,4-7,11H2,1-3H3. The van der Waals surface area contributed by atoms with Crippen LogP contribution in [0.5, 0.6) is 5.75 Å². The zero-order valence-corrected chi connectivity index (χ0v) is 11.5. The minimum Gasteiger partial charge on any atom is -0.508 e. The van der Waals surface area contributed by atoms with Crippen molar-refractivity contribution in [2.24, 2.45) is 0 Å². The molecule has 0 saturated carbocycles. The summed E-state index contributed by atoms with van der Waals surface area (Å²) in [6.45, 7) is 5.70. The zero-order chi connectivity index (χ0) is 13.5. The molecule has 0 heterocycles. The molecule has 1 aromatic carbocycles. The lowest BCUT2D eigenvalue weighted by Crippen LogP contribution is -2.32. The molecule has 3 nitrogen and oxygen atoms in total. The number of nitrogens with zero attached hydrogens (tertiary/aromatic N) is 2. The van der Waals surface area contributed by atoms with Crippen LogP contribution in [0.25, 0.3) is 0 Å². The van der Waals surface area contributed by atoms with Crippen molar-refractivity contribution in [2.45, 2.75) is 19.9 Å². The maximum Gasteiger partial charge on any atom is 0.127 e. The van der Waals surface area contributed by atoms with Crippen LogP contribution in [-0.2, 0) is 6.54 Å². The molecule has 0 fully saturated rings. The Labute approximate surface area is 109 Å². The van der Waals surface area contributed by atoms with E-state index in [1.165, 1.54) is 6.07 Å². The molecule has 0 aromatic heterocycles. The highest BCUT2D eigenvalue weighted by atomic mass is 19.1. The second-order valence-corrected chi connectivity index (χ2v) is 4.90. The van der Waals surface area contributed by atoms with Crippen LogP contribution in [0.2, 0.25) is 0 Å². The Morgan fingerprint density at radius 1 is 1.11 bits per heavy atom. The van der Waals surface area contributed by atoms with E-state index in [4.69, 9.17) is 0 Å². The van der Waals surface area contributed by atoms with E-state index in [2.05, 4.69) is 16.7 Å². The Kier molecular flexibility index (Phi) is 6.09. The number of halogens is 1. The van der Waals surface area contributed by atoms with Crippen molar-refractivity contribution in [3.05, 3.63) is 29.6 Å². The van der Waals surface area contributed by atoms with E-state index in [-0.39, 0.29) is 11.6 Å². The van der Waals surface area contributed by atoms with Gasteiger partial charge < -0.3 is 10.0 Å². The lowest BCUT2D eigenvalue weighted by molar-refractivity contribution is 0.233. The van der Waals surface area contributed by atoms with Gasteiger partial charge >= 0.3 is 0 Å². The Hall–Kier alpha value is -1.13. The number of phenols is 1. The third-order valence-corrected chi connectivity index (χ3v) is 2.75. The molecule has 0 aliphatic carbocycles. The maximum atomic E-state index is 13.2. The topological polar surface area (TPSA) is 26.7 Å². The van der Waals surface area contributed by atoms with Gasteiger partial charge in [0.1, 0.15) is 11.6 Å². The van der Waals surface area contributed by atoms with Gasteiger partial charge in [0.05, 0.1) is 0 Å². The summed E-state index contributed by atoms with van der Waals surface area (Å²) >= 11 is 0. The number of likely N-dealkylation sites (N-methyl/N-ethyl adjacent to an activating group) is 1. The summed E-state index contributed by atoms with van der Waals surface area (Å²) in [6.07, 6.45) is 1.06. The summed E-state index contributed by atoms with van der Waals surface area (Å²) in [6, 6.07) is 4.24. The predicted molar refractivity (Wildman–Crippen MR) is 72.2 cm³/mol. The van der Waals surface area contributed by atoms with E-state index < -0.39 is 0 Å². The van der Waals surface area contributed by atoms with Crippen molar-refractivity contribution in [1.82, 2.24) is 9.80 Å². The first-order chi connectivity index (χ1) is 8.51. The average Bonchev–Trinajstić information content (AvgIpc) is 2.24. The van der Waals surface area contributed by atoms with Crippen molar-refractivity contribution in [1.29, 1.82) is 0 Å². The van der Waals surface area contributed by atoms with Crippen LogP contribution in [0.1, 0.15) is 18.9 Å². The minimum absolute atomic E-state index is 0.00550. The molecule has 1 rings (SSSR count). The van der Waals surface area contributed by atoms with E-state index in [1.807, 2.05) is 14.1 Å². The smallest absolute Gasteiger partial charge is 0.127 e. The number of phenolic OH excluding ortho intramolecular Hbond substituents is 1. The molecule has 1 N–H and O–H groups in total. The highest BCUT2D eigenvalue weighted by Gasteiger charge is 2.07. The van der Waals surface area contributed by atoms with Crippen LogP contribution >= 0.6 is 0 Å². The highest BCUT2D eigenvalue weighted by Crippen LogP contribution is 2.16. The molecular weight excluding hydrogens is 231 g/mol. The molecule has 4 heteroatoms. The Bertz CT molecular complexity index is 349. The van der Waals surface area contributed by atoms with Crippen molar-refractivity contribution in [2.75, 3.05) is 33.7 Å². The molecule has 0 aliphatic heterocycles. The van der Waals surface area contributed by atoms with Crippen molar-refractivity contribution in [3.63, 3.8) is 0 Å². The van der Waals surface area contributed by atoms with E-state index in [0.717, 1.165) is 37.7 Å². The van der Waals surface area contributed by atoms with Crippen LogP contribution in [0.15, 0.2) is 18.2 Å². The molecule has 0 radical (unpaired) electrons. The maximum absolute atomic E-state index is 13.2. The monoisotopic (exact) mass is 254 g/mol. The van der Waals surface area contributed by atoms with Gasteiger partial charge in [0.2, 0.25) is 0 Å². The summed E-state index contributed by atoms with van der Waals surface area (Å²) < 4.78 is 13.2. The van der Waals surface area contributed by atoms with Gasteiger partial charge in [-0.1, -0.05) is 6.92 Å². The third kappa shape index (κ3) is 5.47. The van der Waals surface area contributed by atoms with Crippen LogP contribution < -0.4 is 0 Å². The summed E-state index contributed by atoms with van der Waals surface area (Å²) in [5.41, 5.74) is 0.819. The van der Waals surface area contributed by atoms with Gasteiger partial charge in [-0.25, -0.2) is 4.39 Å². The Morgan fingerprint density at radius 2 is 1.83 bits per heavy atom. The van der Waals surface area contributed by atoms with E-state index >= 15 is 0 Å². The lowest BCUT2D eigenvalue weighted by Gasteiger charge is -2.23. The second kappa shape index (κ2) is 7.34. The molecule has 0 unspecified atom stereocenters. The number of rotatable bonds is 7. The van der Waals surface area contributed by atoms with Crippen LogP contribution in [0, 0.1) is 5.82 Å². The average molecular weight is 254 g/mol. The summed E-state index contributed by atoms with van der Waals surface area (Å²) in [7, 11) is 4.08. The SMILES string of the molecule is CCCN(CCN(C)C)Cc1cc(O)cc(F)c1. The van der Waals surface area contributed by atoms with Gasteiger partial charge in [-0.05, 0) is 44.8 Å². The number of hydrogen-bond acceptors (Lipinski definition) is 3. The van der Waals surface area contributed by atoms with Gasteiger partial charge in [0, 0.05) is 25.7 Å². The molecule has 0 atom stereocenters. The van der Waals surface area contributed by atoms with Gasteiger partial charge in [0.25, 0.3) is 0 Å². The highest BCUT2D eigenvalue weighted by molar-refractivity contribution is 5.28. The fourth-order valence-electron chi connectivity index (χ4n) is 1.91. The van der Waals surface area contributed by atoms with Crippen LogP contribution in [0.4, 0.5) is 4.39 Å². The second-order valence-electron chi connectivity index (χ2n) is 4.90. The normalized spacial score (nSPS) is 11.4. The quantitative estimate of drug-likeness (QED) is 0.809. The first kappa shape index (κ1) is 14.9. The molecular formula is C14H23FN2O. The largest absolute Gasteiger partial charge is 0.508 e. The van der Waals surface area contributed by atoms with Gasteiger partial charge in [-0.15, -0.1) is 0 Å². The number of aromatic hydroxyl groups is 1. The van der Waals surface area contributed by atoms with Crippen molar-refractivity contribution >= 4 is 0 Å². The van der Waals surface area contributed by atoms with E-state index in [0.29, 0.717) is 6.54 Å².